The molecule has 2 rings (SSSR count). The number of carbonyl (C=O) groups excluding carboxylic acids is 1. The summed E-state index contributed by atoms with van der Waals surface area (Å²) in [5.74, 6) is 0.171. The number of rotatable bonds is 3. The van der Waals surface area contributed by atoms with Crippen molar-refractivity contribution in [1.82, 2.24) is 9.88 Å². The van der Waals surface area contributed by atoms with Crippen LogP contribution in [0.5, 0.6) is 0 Å². The molecule has 74 valence electrons. The number of amides is 1. The van der Waals surface area contributed by atoms with Crippen LogP contribution in [-0.4, -0.2) is 21.8 Å². The number of hydrogen-bond acceptors (Lipinski definition) is 2. The Morgan fingerprint density at radius 2 is 2.14 bits per heavy atom. The van der Waals surface area contributed by atoms with Gasteiger partial charge in [0.15, 0.2) is 0 Å². The van der Waals surface area contributed by atoms with Gasteiger partial charge >= 0.3 is 0 Å². The maximum atomic E-state index is 11.3. The predicted molar refractivity (Wildman–Crippen MR) is 53.5 cm³/mol. The zero-order chi connectivity index (χ0) is 9.97. The second-order valence-corrected chi connectivity index (χ2v) is 3.73. The predicted octanol–water partition coefficient (Wildman–Crippen LogP) is 1.59. The van der Waals surface area contributed by atoms with E-state index in [1.165, 1.54) is 0 Å². The largest absolute Gasteiger partial charge is 0.336 e. The van der Waals surface area contributed by atoms with Crippen molar-refractivity contribution in [1.29, 1.82) is 0 Å². The van der Waals surface area contributed by atoms with E-state index in [4.69, 9.17) is 0 Å². The van der Waals surface area contributed by atoms with Crippen molar-refractivity contribution in [3.05, 3.63) is 30.1 Å². The van der Waals surface area contributed by atoms with E-state index in [-0.39, 0.29) is 5.91 Å². The summed E-state index contributed by atoms with van der Waals surface area (Å²) in [6, 6.07) is 4.40. The fraction of sp³-hybridized carbons (Fsp3) is 0.455. The van der Waals surface area contributed by atoms with Crippen molar-refractivity contribution in [2.24, 2.45) is 0 Å². The van der Waals surface area contributed by atoms with E-state index in [0.29, 0.717) is 6.04 Å². The molecule has 1 fully saturated rings. The van der Waals surface area contributed by atoms with Gasteiger partial charge in [-0.25, -0.2) is 0 Å². The monoisotopic (exact) mass is 190 g/mol. The van der Waals surface area contributed by atoms with Gasteiger partial charge in [-0.3, -0.25) is 9.78 Å². The Morgan fingerprint density at radius 1 is 1.50 bits per heavy atom. The average Bonchev–Trinajstić information content (AvgIpc) is 2.99. The summed E-state index contributed by atoms with van der Waals surface area (Å²) in [6.45, 7) is 2.36. The second-order valence-electron chi connectivity index (χ2n) is 3.73. The van der Waals surface area contributed by atoms with Gasteiger partial charge in [0, 0.05) is 31.9 Å². The van der Waals surface area contributed by atoms with Gasteiger partial charge in [-0.2, -0.15) is 0 Å². The van der Waals surface area contributed by atoms with Crippen molar-refractivity contribution in [2.75, 3.05) is 0 Å². The molecule has 0 aliphatic heterocycles. The lowest BCUT2D eigenvalue weighted by atomic mass is 10.2. The summed E-state index contributed by atoms with van der Waals surface area (Å²) in [5, 5.41) is 0. The Bertz CT molecular complexity index is 319. The first-order valence-electron chi connectivity index (χ1n) is 4.93. The molecule has 0 unspecified atom stereocenters. The van der Waals surface area contributed by atoms with Gasteiger partial charge in [0.2, 0.25) is 5.91 Å². The fourth-order valence-electron chi connectivity index (χ4n) is 1.57. The van der Waals surface area contributed by atoms with Gasteiger partial charge in [-0.1, -0.05) is 0 Å². The molecule has 1 aromatic heterocycles. The average molecular weight is 190 g/mol. The van der Waals surface area contributed by atoms with Crippen molar-refractivity contribution in [2.45, 2.75) is 32.4 Å². The lowest BCUT2D eigenvalue weighted by molar-refractivity contribution is -0.130. The summed E-state index contributed by atoms with van der Waals surface area (Å²) in [6.07, 6.45) is 5.84. The quantitative estimate of drug-likeness (QED) is 0.725. The third kappa shape index (κ3) is 2.10. The molecule has 0 aromatic carbocycles. The zero-order valence-electron chi connectivity index (χ0n) is 8.31. The molecule has 3 nitrogen and oxygen atoms in total. The topological polar surface area (TPSA) is 33.2 Å². The minimum Gasteiger partial charge on any atom is -0.336 e. The van der Waals surface area contributed by atoms with E-state index in [2.05, 4.69) is 4.98 Å². The third-order valence-electron chi connectivity index (χ3n) is 2.49. The standard InChI is InChI=1S/C11H14N2O/c1-9(14)13(11-2-3-11)8-10-4-6-12-7-5-10/h4-7,11H,2-3,8H2,1H3. The maximum Gasteiger partial charge on any atom is 0.219 e. The summed E-state index contributed by atoms with van der Waals surface area (Å²) < 4.78 is 0. The first kappa shape index (κ1) is 9.19. The maximum absolute atomic E-state index is 11.3. The number of hydrogen-bond donors (Lipinski definition) is 0. The van der Waals surface area contributed by atoms with Crippen LogP contribution in [0.15, 0.2) is 24.5 Å². The molecule has 1 saturated carbocycles. The van der Waals surface area contributed by atoms with E-state index >= 15 is 0 Å². The molecule has 1 aliphatic carbocycles. The lowest BCUT2D eigenvalue weighted by Crippen LogP contribution is -2.30. The lowest BCUT2D eigenvalue weighted by Gasteiger charge is -2.20. The number of nitrogens with zero attached hydrogens (tertiary/aromatic N) is 2. The van der Waals surface area contributed by atoms with Crippen molar-refractivity contribution in [3.8, 4) is 0 Å². The van der Waals surface area contributed by atoms with Gasteiger partial charge in [0.1, 0.15) is 0 Å². The van der Waals surface area contributed by atoms with E-state index in [1.54, 1.807) is 19.3 Å². The Kier molecular flexibility index (Phi) is 2.48. The third-order valence-corrected chi connectivity index (χ3v) is 2.49. The molecule has 0 atom stereocenters. The minimum atomic E-state index is 0.171. The van der Waals surface area contributed by atoms with Crippen molar-refractivity contribution in [3.63, 3.8) is 0 Å². The van der Waals surface area contributed by atoms with Crippen molar-refractivity contribution >= 4 is 5.91 Å². The van der Waals surface area contributed by atoms with Crippen LogP contribution in [0, 0.1) is 0 Å². The van der Waals surface area contributed by atoms with Gasteiger partial charge in [0.25, 0.3) is 0 Å². The van der Waals surface area contributed by atoms with Crippen LogP contribution in [0.25, 0.3) is 0 Å². The Hall–Kier alpha value is -1.38. The van der Waals surface area contributed by atoms with Gasteiger partial charge in [-0.15, -0.1) is 0 Å². The van der Waals surface area contributed by atoms with Crippen molar-refractivity contribution < 1.29 is 4.79 Å². The summed E-state index contributed by atoms with van der Waals surface area (Å²) >= 11 is 0. The highest BCUT2D eigenvalue weighted by atomic mass is 16.2. The van der Waals surface area contributed by atoms with E-state index in [1.807, 2.05) is 17.0 Å². The van der Waals surface area contributed by atoms with Gasteiger partial charge in [-0.05, 0) is 30.5 Å². The molecule has 1 aromatic rings. The molecule has 1 amide bonds. The summed E-state index contributed by atoms with van der Waals surface area (Å²) in [7, 11) is 0. The first-order chi connectivity index (χ1) is 6.77. The second kappa shape index (κ2) is 3.78. The molecule has 0 radical (unpaired) electrons. The molecule has 0 spiro atoms. The van der Waals surface area contributed by atoms with Gasteiger partial charge < -0.3 is 4.90 Å². The van der Waals surface area contributed by atoms with Crippen LogP contribution in [0.2, 0.25) is 0 Å². The SMILES string of the molecule is CC(=O)N(Cc1ccncc1)C1CC1. The molecule has 0 saturated heterocycles. The molecule has 14 heavy (non-hydrogen) atoms. The van der Waals surface area contributed by atoms with E-state index < -0.39 is 0 Å². The Morgan fingerprint density at radius 3 is 2.64 bits per heavy atom. The van der Waals surface area contributed by atoms with Gasteiger partial charge in [0.05, 0.1) is 0 Å². The summed E-state index contributed by atoms with van der Waals surface area (Å²) in [4.78, 5) is 17.2. The molecular formula is C11H14N2O. The first-order valence-corrected chi connectivity index (χ1v) is 4.93. The summed E-state index contributed by atoms with van der Waals surface area (Å²) in [5.41, 5.74) is 1.15. The van der Waals surface area contributed by atoms with E-state index in [0.717, 1.165) is 24.9 Å². The van der Waals surface area contributed by atoms with Crippen LogP contribution in [0.3, 0.4) is 0 Å². The Balaban J connectivity index is 2.04. The molecule has 1 aliphatic rings. The minimum absolute atomic E-state index is 0.171. The number of carbonyl (C=O) groups is 1. The van der Waals surface area contributed by atoms with Crippen LogP contribution in [0.1, 0.15) is 25.3 Å². The van der Waals surface area contributed by atoms with Crippen LogP contribution in [0.4, 0.5) is 0 Å². The van der Waals surface area contributed by atoms with E-state index in [9.17, 15) is 4.79 Å². The highest BCUT2D eigenvalue weighted by Gasteiger charge is 2.30. The normalized spacial score (nSPS) is 15.2. The number of aromatic nitrogens is 1. The molecular weight excluding hydrogens is 176 g/mol. The van der Waals surface area contributed by atoms with Crippen LogP contribution >= 0.6 is 0 Å². The van der Waals surface area contributed by atoms with Crippen LogP contribution in [-0.2, 0) is 11.3 Å². The molecule has 3 heteroatoms. The number of pyridine rings is 1. The molecule has 0 bridgehead atoms. The molecule has 1 heterocycles. The highest BCUT2D eigenvalue weighted by molar-refractivity contribution is 5.74. The smallest absolute Gasteiger partial charge is 0.219 e. The van der Waals surface area contributed by atoms with Crippen LogP contribution < -0.4 is 0 Å². The molecule has 0 N–H and O–H groups in total. The fourth-order valence-corrected chi connectivity index (χ4v) is 1.57. The highest BCUT2D eigenvalue weighted by Crippen LogP contribution is 2.28. The zero-order valence-corrected chi connectivity index (χ0v) is 8.31. The Labute approximate surface area is 83.8 Å².